The summed E-state index contributed by atoms with van der Waals surface area (Å²) in [6, 6.07) is 8.70. The van der Waals surface area contributed by atoms with Crippen LogP contribution in [0.15, 0.2) is 34.7 Å². The maximum absolute atomic E-state index is 10.9. The number of fused-ring (bicyclic) bond motifs is 3. The second-order valence-electron chi connectivity index (χ2n) is 4.50. The average Bonchev–Trinajstić information content (AvgIpc) is 2.79. The van der Waals surface area contributed by atoms with Crippen molar-refractivity contribution in [1.82, 2.24) is 0 Å². The van der Waals surface area contributed by atoms with E-state index in [0.29, 0.717) is 5.58 Å². The van der Waals surface area contributed by atoms with Gasteiger partial charge in [0.25, 0.3) is 5.69 Å². The number of furan rings is 1. The van der Waals surface area contributed by atoms with Crippen molar-refractivity contribution in [1.29, 1.82) is 0 Å². The van der Waals surface area contributed by atoms with Gasteiger partial charge in [-0.15, -0.1) is 0 Å². The molecular weight excluding hydrogens is 242 g/mol. The van der Waals surface area contributed by atoms with Gasteiger partial charge in [0.05, 0.1) is 4.92 Å². The lowest BCUT2D eigenvalue weighted by Gasteiger charge is -2.01. The number of nitrogens with zero attached hydrogens (tertiary/aromatic N) is 1. The van der Waals surface area contributed by atoms with Crippen LogP contribution in [0.5, 0.6) is 0 Å². The third-order valence-electron chi connectivity index (χ3n) is 3.35. The van der Waals surface area contributed by atoms with Crippen molar-refractivity contribution in [2.24, 2.45) is 0 Å². The fourth-order valence-corrected chi connectivity index (χ4v) is 2.38. The molecule has 95 valence electrons. The molecular formula is C15H12NO3. The van der Waals surface area contributed by atoms with Crippen LogP contribution in [0.25, 0.3) is 21.9 Å². The number of non-ortho nitro benzene ring substituents is 1. The van der Waals surface area contributed by atoms with Crippen LogP contribution in [0.2, 0.25) is 0 Å². The van der Waals surface area contributed by atoms with Gasteiger partial charge in [-0.1, -0.05) is 19.1 Å². The Morgan fingerprint density at radius 2 is 2.05 bits per heavy atom. The van der Waals surface area contributed by atoms with E-state index in [1.807, 2.05) is 32.4 Å². The van der Waals surface area contributed by atoms with Crippen molar-refractivity contribution >= 4 is 27.6 Å². The molecule has 0 N–H and O–H groups in total. The first-order chi connectivity index (χ1) is 9.11. The molecule has 0 bridgehead atoms. The van der Waals surface area contributed by atoms with Gasteiger partial charge in [-0.25, -0.2) is 0 Å². The average molecular weight is 254 g/mol. The molecule has 2 aromatic carbocycles. The van der Waals surface area contributed by atoms with Crippen LogP contribution in [0.3, 0.4) is 0 Å². The molecule has 1 aromatic heterocycles. The zero-order chi connectivity index (χ0) is 13.6. The quantitative estimate of drug-likeness (QED) is 0.504. The van der Waals surface area contributed by atoms with Crippen molar-refractivity contribution in [3.05, 3.63) is 58.0 Å². The summed E-state index contributed by atoms with van der Waals surface area (Å²) < 4.78 is 5.82. The topological polar surface area (TPSA) is 56.3 Å². The molecule has 0 fully saturated rings. The van der Waals surface area contributed by atoms with Crippen LogP contribution < -0.4 is 0 Å². The number of hydrogen-bond donors (Lipinski definition) is 0. The lowest BCUT2D eigenvalue weighted by molar-refractivity contribution is -0.384. The first kappa shape index (κ1) is 11.7. The fourth-order valence-electron chi connectivity index (χ4n) is 2.38. The van der Waals surface area contributed by atoms with E-state index in [4.69, 9.17) is 4.42 Å². The summed E-state index contributed by atoms with van der Waals surface area (Å²) in [5, 5.41) is 12.6. The second-order valence-corrected chi connectivity index (χ2v) is 4.50. The van der Waals surface area contributed by atoms with Crippen LogP contribution in [-0.2, 0) is 0 Å². The number of hydrogen-bond acceptors (Lipinski definition) is 3. The highest BCUT2D eigenvalue weighted by molar-refractivity contribution is 6.08. The first-order valence-corrected chi connectivity index (χ1v) is 6.01. The standard InChI is InChI=1S/C15H12NO3/c1-3-10-5-4-9(2)15-14(10)12-8-11(16(17)18)6-7-13(12)19-15/h3-8H,1-2H3. The summed E-state index contributed by atoms with van der Waals surface area (Å²) in [4.78, 5) is 10.5. The Kier molecular flexibility index (Phi) is 2.52. The van der Waals surface area contributed by atoms with E-state index in [-0.39, 0.29) is 10.6 Å². The van der Waals surface area contributed by atoms with Crippen molar-refractivity contribution in [3.63, 3.8) is 0 Å². The Labute approximate surface area is 109 Å². The van der Waals surface area contributed by atoms with E-state index in [1.54, 1.807) is 12.1 Å². The molecule has 4 nitrogen and oxygen atoms in total. The van der Waals surface area contributed by atoms with Crippen LogP contribution >= 0.6 is 0 Å². The molecule has 0 unspecified atom stereocenters. The van der Waals surface area contributed by atoms with Crippen LogP contribution in [0, 0.1) is 23.5 Å². The zero-order valence-electron chi connectivity index (χ0n) is 10.6. The van der Waals surface area contributed by atoms with E-state index in [9.17, 15) is 10.1 Å². The number of aryl methyl sites for hydroxylation is 1. The summed E-state index contributed by atoms with van der Waals surface area (Å²) in [6.45, 7) is 3.92. The highest BCUT2D eigenvalue weighted by atomic mass is 16.6. The van der Waals surface area contributed by atoms with E-state index in [1.165, 1.54) is 6.07 Å². The normalized spacial score (nSPS) is 11.3. The third-order valence-corrected chi connectivity index (χ3v) is 3.35. The Hall–Kier alpha value is -2.36. The maximum atomic E-state index is 10.9. The summed E-state index contributed by atoms with van der Waals surface area (Å²) in [5.41, 5.74) is 3.61. The Balaban J connectivity index is 2.49. The highest BCUT2D eigenvalue weighted by Gasteiger charge is 2.15. The van der Waals surface area contributed by atoms with Crippen molar-refractivity contribution in [2.75, 3.05) is 0 Å². The van der Waals surface area contributed by atoms with E-state index in [2.05, 4.69) is 0 Å². The summed E-state index contributed by atoms with van der Waals surface area (Å²) in [6.07, 6.45) is 1.98. The Bertz CT molecular complexity index is 802. The summed E-state index contributed by atoms with van der Waals surface area (Å²) in [5.74, 6) is 0. The van der Waals surface area contributed by atoms with Gasteiger partial charge in [-0.05, 0) is 30.5 Å². The van der Waals surface area contributed by atoms with Crippen molar-refractivity contribution < 1.29 is 9.34 Å². The van der Waals surface area contributed by atoms with Gasteiger partial charge in [-0.3, -0.25) is 10.1 Å². The predicted octanol–water partition coefficient (Wildman–Crippen LogP) is 4.37. The number of rotatable bonds is 2. The van der Waals surface area contributed by atoms with E-state index < -0.39 is 0 Å². The minimum atomic E-state index is -0.386. The molecule has 1 heterocycles. The predicted molar refractivity (Wildman–Crippen MR) is 74.2 cm³/mol. The minimum Gasteiger partial charge on any atom is -0.456 e. The molecule has 0 saturated carbocycles. The molecule has 3 rings (SSSR count). The zero-order valence-corrected chi connectivity index (χ0v) is 10.6. The Morgan fingerprint density at radius 1 is 1.26 bits per heavy atom. The molecule has 19 heavy (non-hydrogen) atoms. The maximum Gasteiger partial charge on any atom is 0.270 e. The molecule has 0 atom stereocenters. The van der Waals surface area contributed by atoms with Crippen molar-refractivity contribution in [2.45, 2.75) is 13.8 Å². The Morgan fingerprint density at radius 3 is 2.74 bits per heavy atom. The smallest absolute Gasteiger partial charge is 0.270 e. The molecule has 3 aromatic rings. The molecule has 0 amide bonds. The third kappa shape index (κ3) is 1.68. The molecule has 1 radical (unpaired) electrons. The minimum absolute atomic E-state index is 0.0822. The summed E-state index contributed by atoms with van der Waals surface area (Å²) >= 11 is 0. The SMILES string of the molecule is C[CH]c1ccc(C)c2oc3ccc([N+](=O)[O-])cc3c12. The van der Waals surface area contributed by atoms with Gasteiger partial charge in [0.1, 0.15) is 11.2 Å². The van der Waals surface area contributed by atoms with Gasteiger partial charge in [0, 0.05) is 22.9 Å². The van der Waals surface area contributed by atoms with E-state index in [0.717, 1.165) is 27.5 Å². The lowest BCUT2D eigenvalue weighted by Crippen LogP contribution is -1.87. The van der Waals surface area contributed by atoms with Crippen LogP contribution in [0.4, 0.5) is 5.69 Å². The number of nitro groups is 1. The van der Waals surface area contributed by atoms with Gasteiger partial charge >= 0.3 is 0 Å². The van der Waals surface area contributed by atoms with Gasteiger partial charge < -0.3 is 4.42 Å². The molecule has 0 spiro atoms. The largest absolute Gasteiger partial charge is 0.456 e. The summed E-state index contributed by atoms with van der Waals surface area (Å²) in [7, 11) is 0. The highest BCUT2D eigenvalue weighted by Crippen LogP contribution is 2.35. The molecule has 0 aliphatic rings. The first-order valence-electron chi connectivity index (χ1n) is 6.01. The van der Waals surface area contributed by atoms with Gasteiger partial charge in [-0.2, -0.15) is 0 Å². The van der Waals surface area contributed by atoms with Crippen molar-refractivity contribution in [3.8, 4) is 0 Å². The van der Waals surface area contributed by atoms with Crippen LogP contribution in [0.1, 0.15) is 18.1 Å². The molecule has 0 saturated heterocycles. The van der Waals surface area contributed by atoms with E-state index >= 15 is 0 Å². The molecule has 4 heteroatoms. The second kappa shape index (κ2) is 4.09. The monoisotopic (exact) mass is 254 g/mol. The number of nitro benzene ring substituents is 1. The van der Waals surface area contributed by atoms with Crippen LogP contribution in [-0.4, -0.2) is 4.92 Å². The number of benzene rings is 2. The molecule has 0 aliphatic carbocycles. The van der Waals surface area contributed by atoms with Gasteiger partial charge in [0.2, 0.25) is 0 Å². The molecule has 0 aliphatic heterocycles. The van der Waals surface area contributed by atoms with Gasteiger partial charge in [0.15, 0.2) is 0 Å². The fraction of sp³-hybridized carbons (Fsp3) is 0.133. The lowest BCUT2D eigenvalue weighted by atomic mass is 10.0.